The normalized spacial score (nSPS) is 17.0. The number of anilines is 1. The molecule has 0 saturated carbocycles. The summed E-state index contributed by atoms with van der Waals surface area (Å²) in [5.41, 5.74) is 1.71. The molecule has 0 spiro atoms. The Bertz CT molecular complexity index is 557. The van der Waals surface area contributed by atoms with Crippen molar-refractivity contribution in [2.24, 2.45) is 0 Å². The molecule has 0 radical (unpaired) electrons. The molecule has 5 heteroatoms. The molecule has 2 amide bonds. The molecule has 1 heterocycles. The van der Waals surface area contributed by atoms with Gasteiger partial charge in [0.25, 0.3) is 5.91 Å². The van der Waals surface area contributed by atoms with Gasteiger partial charge in [0.05, 0.1) is 5.69 Å². The molecule has 0 bridgehead atoms. The molecular weight excluding hydrogens is 280 g/mol. The molecule has 5 nitrogen and oxygen atoms in total. The number of rotatable bonds is 6. The number of ether oxygens (including phenoxy) is 1. The van der Waals surface area contributed by atoms with E-state index in [9.17, 15) is 9.59 Å². The van der Waals surface area contributed by atoms with Crippen molar-refractivity contribution >= 4 is 17.5 Å². The Labute approximate surface area is 131 Å². The molecule has 120 valence electrons. The molecule has 0 aromatic heterocycles. The van der Waals surface area contributed by atoms with E-state index in [1.807, 2.05) is 32.0 Å². The fraction of sp³-hybridized carbons (Fsp3) is 0.529. The van der Waals surface area contributed by atoms with Crippen molar-refractivity contribution < 1.29 is 14.3 Å². The lowest BCUT2D eigenvalue weighted by Crippen LogP contribution is -2.49. The molecular formula is C17H24N2O3. The number of fused-ring (bicyclic) bond motifs is 1. The zero-order valence-electron chi connectivity index (χ0n) is 13.5. The maximum Gasteiger partial charge on any atom is 0.268 e. The van der Waals surface area contributed by atoms with E-state index in [1.165, 1.54) is 0 Å². The molecule has 0 aliphatic carbocycles. The minimum atomic E-state index is -0.515. The lowest BCUT2D eigenvalue weighted by Gasteiger charge is -2.33. The number of nitrogens with one attached hydrogen (secondary N) is 1. The van der Waals surface area contributed by atoms with Crippen LogP contribution in [0.15, 0.2) is 18.2 Å². The Balaban J connectivity index is 2.18. The first kappa shape index (κ1) is 16.3. The third kappa shape index (κ3) is 3.59. The van der Waals surface area contributed by atoms with Crippen LogP contribution >= 0.6 is 0 Å². The van der Waals surface area contributed by atoms with E-state index in [2.05, 4.69) is 12.2 Å². The van der Waals surface area contributed by atoms with E-state index in [-0.39, 0.29) is 18.4 Å². The van der Waals surface area contributed by atoms with E-state index >= 15 is 0 Å². The van der Waals surface area contributed by atoms with Gasteiger partial charge in [0.15, 0.2) is 6.10 Å². The summed E-state index contributed by atoms with van der Waals surface area (Å²) in [5, 5.41) is 2.86. The van der Waals surface area contributed by atoms with Crippen molar-refractivity contribution in [3.05, 3.63) is 23.8 Å². The minimum absolute atomic E-state index is 0.0405. The second-order valence-corrected chi connectivity index (χ2v) is 5.61. The number of unbranched alkanes of at least 4 members (excludes halogenated alkanes) is 1. The first-order valence-electron chi connectivity index (χ1n) is 7.92. The van der Waals surface area contributed by atoms with Crippen molar-refractivity contribution in [2.75, 3.05) is 18.0 Å². The maximum atomic E-state index is 12.5. The molecule has 0 saturated heterocycles. The van der Waals surface area contributed by atoms with Crippen LogP contribution in [-0.4, -0.2) is 31.0 Å². The number of aryl methyl sites for hydroxylation is 1. The molecule has 0 fully saturated rings. The summed E-state index contributed by atoms with van der Waals surface area (Å²) in [6.07, 6.45) is 2.03. The number of carbonyl (C=O) groups is 2. The fourth-order valence-electron chi connectivity index (χ4n) is 2.46. The van der Waals surface area contributed by atoms with Crippen molar-refractivity contribution in [1.82, 2.24) is 5.32 Å². The summed E-state index contributed by atoms with van der Waals surface area (Å²) in [5.74, 6) is 0.385. The Hall–Kier alpha value is -2.04. The predicted octanol–water partition coefficient (Wildman–Crippen LogP) is 2.42. The second kappa shape index (κ2) is 7.29. The quantitative estimate of drug-likeness (QED) is 0.821. The fourth-order valence-corrected chi connectivity index (χ4v) is 2.46. The van der Waals surface area contributed by atoms with Crippen LogP contribution in [0, 0.1) is 6.92 Å². The highest BCUT2D eigenvalue weighted by Crippen LogP contribution is 2.35. The SMILES string of the molecule is CCCCNC(=O)CN1C(=O)[C@H](CC)Oc2ccc(C)cc21. The highest BCUT2D eigenvalue weighted by molar-refractivity contribution is 6.03. The summed E-state index contributed by atoms with van der Waals surface area (Å²) in [7, 11) is 0. The Morgan fingerprint density at radius 3 is 2.82 bits per heavy atom. The van der Waals surface area contributed by atoms with Gasteiger partial charge in [-0.15, -0.1) is 0 Å². The van der Waals surface area contributed by atoms with Crippen LogP contribution in [0.1, 0.15) is 38.7 Å². The van der Waals surface area contributed by atoms with Gasteiger partial charge in [-0.05, 0) is 37.5 Å². The Morgan fingerprint density at radius 2 is 2.14 bits per heavy atom. The van der Waals surface area contributed by atoms with Gasteiger partial charge in [-0.25, -0.2) is 0 Å². The molecule has 1 aliphatic heterocycles. The summed E-state index contributed by atoms with van der Waals surface area (Å²) in [6.45, 7) is 6.62. The van der Waals surface area contributed by atoms with Crippen LogP contribution in [-0.2, 0) is 9.59 Å². The van der Waals surface area contributed by atoms with Crippen LogP contribution in [0.4, 0.5) is 5.69 Å². The van der Waals surface area contributed by atoms with Gasteiger partial charge < -0.3 is 10.1 Å². The van der Waals surface area contributed by atoms with Crippen LogP contribution in [0.25, 0.3) is 0 Å². The van der Waals surface area contributed by atoms with Crippen molar-refractivity contribution in [2.45, 2.75) is 46.1 Å². The van der Waals surface area contributed by atoms with Gasteiger partial charge in [0.2, 0.25) is 5.91 Å². The van der Waals surface area contributed by atoms with E-state index < -0.39 is 6.10 Å². The lowest BCUT2D eigenvalue weighted by molar-refractivity contribution is -0.129. The number of amides is 2. The standard InChI is InChI=1S/C17H24N2O3/c1-4-6-9-18-16(20)11-19-13-10-12(3)7-8-15(13)22-14(5-2)17(19)21/h7-8,10,14H,4-6,9,11H2,1-3H3,(H,18,20)/t14-/m0/s1. The van der Waals surface area contributed by atoms with E-state index in [0.717, 1.165) is 18.4 Å². The average molecular weight is 304 g/mol. The van der Waals surface area contributed by atoms with E-state index in [0.29, 0.717) is 24.4 Å². The topological polar surface area (TPSA) is 58.6 Å². The molecule has 1 atom stereocenters. The van der Waals surface area contributed by atoms with E-state index in [4.69, 9.17) is 4.74 Å². The molecule has 1 aliphatic rings. The van der Waals surface area contributed by atoms with Crippen LogP contribution in [0.3, 0.4) is 0 Å². The number of benzene rings is 1. The number of carbonyl (C=O) groups excluding carboxylic acids is 2. The smallest absolute Gasteiger partial charge is 0.268 e. The third-order valence-electron chi connectivity index (χ3n) is 3.74. The zero-order valence-corrected chi connectivity index (χ0v) is 13.5. The average Bonchev–Trinajstić information content (AvgIpc) is 2.50. The van der Waals surface area contributed by atoms with Crippen LogP contribution in [0.5, 0.6) is 5.75 Å². The first-order valence-corrected chi connectivity index (χ1v) is 7.92. The molecule has 2 rings (SSSR count). The molecule has 1 aromatic rings. The summed E-state index contributed by atoms with van der Waals surface area (Å²) < 4.78 is 5.74. The summed E-state index contributed by atoms with van der Waals surface area (Å²) in [4.78, 5) is 26.1. The summed E-state index contributed by atoms with van der Waals surface area (Å²) in [6, 6.07) is 5.70. The number of hydrogen-bond acceptors (Lipinski definition) is 3. The number of hydrogen-bond donors (Lipinski definition) is 1. The molecule has 22 heavy (non-hydrogen) atoms. The first-order chi connectivity index (χ1) is 10.6. The highest BCUT2D eigenvalue weighted by atomic mass is 16.5. The zero-order chi connectivity index (χ0) is 16.1. The van der Waals surface area contributed by atoms with Gasteiger partial charge in [-0.3, -0.25) is 14.5 Å². The van der Waals surface area contributed by atoms with Gasteiger partial charge >= 0.3 is 0 Å². The summed E-state index contributed by atoms with van der Waals surface area (Å²) >= 11 is 0. The maximum absolute atomic E-state index is 12.5. The number of nitrogens with zero attached hydrogens (tertiary/aromatic N) is 1. The van der Waals surface area contributed by atoms with Crippen molar-refractivity contribution in [3.63, 3.8) is 0 Å². The second-order valence-electron chi connectivity index (χ2n) is 5.61. The Kier molecular flexibility index (Phi) is 5.41. The van der Waals surface area contributed by atoms with Crippen LogP contribution < -0.4 is 15.0 Å². The molecule has 1 N–H and O–H groups in total. The van der Waals surface area contributed by atoms with Crippen molar-refractivity contribution in [3.8, 4) is 5.75 Å². The Morgan fingerprint density at radius 1 is 1.36 bits per heavy atom. The van der Waals surface area contributed by atoms with Crippen molar-refractivity contribution in [1.29, 1.82) is 0 Å². The predicted molar refractivity (Wildman–Crippen MR) is 86.2 cm³/mol. The van der Waals surface area contributed by atoms with Gasteiger partial charge in [0, 0.05) is 6.54 Å². The van der Waals surface area contributed by atoms with Gasteiger partial charge in [-0.1, -0.05) is 26.3 Å². The van der Waals surface area contributed by atoms with Gasteiger partial charge in [-0.2, -0.15) is 0 Å². The monoisotopic (exact) mass is 304 g/mol. The van der Waals surface area contributed by atoms with E-state index in [1.54, 1.807) is 4.90 Å². The molecule has 1 aromatic carbocycles. The minimum Gasteiger partial charge on any atom is -0.478 e. The van der Waals surface area contributed by atoms with Gasteiger partial charge in [0.1, 0.15) is 12.3 Å². The largest absolute Gasteiger partial charge is 0.478 e. The lowest BCUT2D eigenvalue weighted by atomic mass is 10.1. The third-order valence-corrected chi connectivity index (χ3v) is 3.74. The van der Waals surface area contributed by atoms with Crippen LogP contribution in [0.2, 0.25) is 0 Å². The highest BCUT2D eigenvalue weighted by Gasteiger charge is 2.34. The molecule has 0 unspecified atom stereocenters.